The van der Waals surface area contributed by atoms with Crippen molar-refractivity contribution < 1.29 is 12.9 Å². The van der Waals surface area contributed by atoms with E-state index in [1.807, 2.05) is 6.07 Å². The quantitative estimate of drug-likeness (QED) is 0.585. The van der Waals surface area contributed by atoms with Gasteiger partial charge in [0.05, 0.1) is 23.7 Å². The summed E-state index contributed by atoms with van der Waals surface area (Å²) in [5.41, 5.74) is 3.22. The molecule has 0 saturated heterocycles. The van der Waals surface area contributed by atoms with Gasteiger partial charge in [0.1, 0.15) is 0 Å². The molecule has 4 aromatic rings. The van der Waals surface area contributed by atoms with Gasteiger partial charge < -0.3 is 4.52 Å². The minimum absolute atomic E-state index is 0.412. The molecule has 0 atom stereocenters. The average Bonchev–Trinajstić information content (AvgIpc) is 3.19. The Morgan fingerprint density at radius 1 is 1.23 bits per heavy atom. The predicted molar refractivity (Wildman–Crippen MR) is 94.9 cm³/mol. The van der Waals surface area contributed by atoms with E-state index in [9.17, 15) is 8.42 Å². The molecule has 3 aromatic heterocycles. The highest BCUT2D eigenvalue weighted by atomic mass is 32.2. The fourth-order valence-electron chi connectivity index (χ4n) is 2.63. The zero-order chi connectivity index (χ0) is 18.3. The summed E-state index contributed by atoms with van der Waals surface area (Å²) in [4.78, 5) is 8.57. The largest absolute Gasteiger partial charge is 0.339 e. The minimum Gasteiger partial charge on any atom is -0.339 e. The van der Waals surface area contributed by atoms with Crippen molar-refractivity contribution >= 4 is 21.4 Å². The summed E-state index contributed by atoms with van der Waals surface area (Å²) in [5, 5.41) is 8.29. The van der Waals surface area contributed by atoms with Gasteiger partial charge in [-0.2, -0.15) is 10.1 Å². The van der Waals surface area contributed by atoms with Gasteiger partial charge in [-0.05, 0) is 18.2 Å². The smallest absolute Gasteiger partial charge is 0.229 e. The second kappa shape index (κ2) is 5.92. The highest BCUT2D eigenvalue weighted by Gasteiger charge is 2.16. The van der Waals surface area contributed by atoms with Crippen molar-refractivity contribution in [1.82, 2.24) is 24.7 Å². The van der Waals surface area contributed by atoms with Gasteiger partial charge in [-0.1, -0.05) is 17.3 Å². The molecule has 0 spiro atoms. The van der Waals surface area contributed by atoms with Crippen LogP contribution in [0.5, 0.6) is 0 Å². The van der Waals surface area contributed by atoms with Gasteiger partial charge in [0.15, 0.2) is 5.65 Å². The van der Waals surface area contributed by atoms with Crippen molar-refractivity contribution in [2.75, 3.05) is 11.0 Å². The van der Waals surface area contributed by atoms with Crippen LogP contribution in [0.4, 0.5) is 5.69 Å². The molecule has 0 bridgehead atoms. The third-order valence-corrected chi connectivity index (χ3v) is 4.24. The van der Waals surface area contributed by atoms with E-state index in [0.29, 0.717) is 28.6 Å². The summed E-state index contributed by atoms with van der Waals surface area (Å²) in [6, 6.07) is 8.84. The van der Waals surface area contributed by atoms with Crippen LogP contribution in [0.1, 0.15) is 5.89 Å². The Hall–Kier alpha value is -3.27. The number of hydrogen-bond acceptors (Lipinski definition) is 7. The Morgan fingerprint density at radius 3 is 2.81 bits per heavy atom. The summed E-state index contributed by atoms with van der Waals surface area (Å²) in [6.45, 7) is 1.71. The van der Waals surface area contributed by atoms with Crippen molar-refractivity contribution in [2.45, 2.75) is 6.92 Å². The minimum atomic E-state index is -3.36. The van der Waals surface area contributed by atoms with E-state index in [4.69, 9.17) is 4.52 Å². The Balaban J connectivity index is 1.83. The number of nitrogens with one attached hydrogen (secondary N) is 1. The average molecular weight is 370 g/mol. The molecule has 0 unspecified atom stereocenters. The molecule has 0 radical (unpaired) electrons. The molecule has 9 nitrogen and oxygen atoms in total. The van der Waals surface area contributed by atoms with E-state index >= 15 is 0 Å². The number of sulfonamides is 1. The lowest BCUT2D eigenvalue weighted by Crippen LogP contribution is -2.09. The number of benzene rings is 1. The Bertz CT molecular complexity index is 1210. The number of rotatable bonds is 4. The molecule has 3 heterocycles. The van der Waals surface area contributed by atoms with E-state index in [1.165, 1.54) is 0 Å². The molecule has 26 heavy (non-hydrogen) atoms. The van der Waals surface area contributed by atoms with Gasteiger partial charge in [-0.15, -0.1) is 0 Å². The Kier molecular flexibility index (Phi) is 3.69. The zero-order valence-corrected chi connectivity index (χ0v) is 14.7. The normalized spacial score (nSPS) is 11.8. The Morgan fingerprint density at radius 2 is 2.08 bits per heavy atom. The van der Waals surface area contributed by atoms with Gasteiger partial charge in [-0.3, -0.25) is 4.72 Å². The lowest BCUT2D eigenvalue weighted by atomic mass is 10.1. The molecule has 1 N–H and O–H groups in total. The number of hydrogen-bond donors (Lipinski definition) is 1. The first-order chi connectivity index (χ1) is 12.4. The maximum absolute atomic E-state index is 11.5. The predicted octanol–water partition coefficient (Wildman–Crippen LogP) is 2.13. The van der Waals surface area contributed by atoms with Crippen LogP contribution in [-0.4, -0.2) is 39.4 Å². The fourth-order valence-corrected chi connectivity index (χ4v) is 3.19. The molecule has 4 rings (SSSR count). The lowest BCUT2D eigenvalue weighted by molar-refractivity contribution is 0.394. The van der Waals surface area contributed by atoms with Crippen LogP contribution in [0.25, 0.3) is 28.3 Å². The molecule has 1 aromatic carbocycles. The third kappa shape index (κ3) is 3.02. The molecule has 0 aliphatic rings. The van der Waals surface area contributed by atoms with Crippen LogP contribution >= 0.6 is 0 Å². The van der Waals surface area contributed by atoms with Crippen LogP contribution in [-0.2, 0) is 10.0 Å². The monoisotopic (exact) mass is 370 g/mol. The van der Waals surface area contributed by atoms with E-state index in [1.54, 1.807) is 48.1 Å². The first-order valence-corrected chi connectivity index (χ1v) is 9.51. The van der Waals surface area contributed by atoms with E-state index in [-0.39, 0.29) is 0 Å². The van der Waals surface area contributed by atoms with Crippen molar-refractivity contribution in [3.8, 4) is 22.6 Å². The van der Waals surface area contributed by atoms with E-state index in [2.05, 4.69) is 24.9 Å². The number of aryl methyl sites for hydroxylation is 1. The molecule has 0 amide bonds. The standard InChI is InChI=1S/C16H14N6O3S/c1-10-19-15(20-25-10)13-9-18-22-14(6-7-17-16(13)22)11-4-3-5-12(8-11)21-26(2,23)24/h3-9,21H,1-2H3. The first-order valence-electron chi connectivity index (χ1n) is 7.62. The molecule has 132 valence electrons. The molecule has 10 heteroatoms. The van der Waals surface area contributed by atoms with Crippen molar-refractivity contribution in [2.24, 2.45) is 0 Å². The molecule has 0 fully saturated rings. The highest BCUT2D eigenvalue weighted by Crippen LogP contribution is 2.27. The van der Waals surface area contributed by atoms with Crippen LogP contribution in [0.15, 0.2) is 47.2 Å². The van der Waals surface area contributed by atoms with Crippen molar-refractivity contribution in [3.05, 3.63) is 48.6 Å². The van der Waals surface area contributed by atoms with Gasteiger partial charge in [-0.25, -0.2) is 17.9 Å². The molecule has 0 aliphatic heterocycles. The van der Waals surface area contributed by atoms with Gasteiger partial charge in [0.2, 0.25) is 21.7 Å². The lowest BCUT2D eigenvalue weighted by Gasteiger charge is -2.08. The summed E-state index contributed by atoms with van der Waals surface area (Å²) in [6.07, 6.45) is 4.38. The highest BCUT2D eigenvalue weighted by molar-refractivity contribution is 7.92. The maximum Gasteiger partial charge on any atom is 0.229 e. The second-order valence-corrected chi connectivity index (χ2v) is 7.46. The molecule has 0 aliphatic carbocycles. The number of fused-ring (bicyclic) bond motifs is 1. The van der Waals surface area contributed by atoms with Gasteiger partial charge in [0, 0.05) is 24.4 Å². The SMILES string of the molecule is Cc1nc(-c2cnn3c(-c4cccc(NS(C)(=O)=O)c4)ccnc23)no1. The van der Waals surface area contributed by atoms with E-state index in [0.717, 1.165) is 17.5 Å². The van der Waals surface area contributed by atoms with Crippen LogP contribution in [0.3, 0.4) is 0 Å². The van der Waals surface area contributed by atoms with Gasteiger partial charge >= 0.3 is 0 Å². The number of anilines is 1. The summed E-state index contributed by atoms with van der Waals surface area (Å²) >= 11 is 0. The Labute approximate surface area is 148 Å². The topological polar surface area (TPSA) is 115 Å². The van der Waals surface area contributed by atoms with Crippen molar-refractivity contribution in [1.29, 1.82) is 0 Å². The molecular formula is C16H14N6O3S. The zero-order valence-electron chi connectivity index (χ0n) is 13.9. The van der Waals surface area contributed by atoms with Crippen LogP contribution < -0.4 is 4.72 Å². The number of aromatic nitrogens is 5. The van der Waals surface area contributed by atoms with E-state index < -0.39 is 10.0 Å². The van der Waals surface area contributed by atoms with Crippen molar-refractivity contribution in [3.63, 3.8) is 0 Å². The summed E-state index contributed by atoms with van der Waals surface area (Å²) in [5.74, 6) is 0.865. The van der Waals surface area contributed by atoms with Crippen LogP contribution in [0.2, 0.25) is 0 Å². The first kappa shape index (κ1) is 16.2. The second-order valence-electron chi connectivity index (χ2n) is 5.72. The molecular weight excluding hydrogens is 356 g/mol. The summed E-state index contributed by atoms with van der Waals surface area (Å²) in [7, 11) is -3.36. The summed E-state index contributed by atoms with van der Waals surface area (Å²) < 4.78 is 32.1. The van der Waals surface area contributed by atoms with Gasteiger partial charge in [0.25, 0.3) is 0 Å². The third-order valence-electron chi connectivity index (χ3n) is 3.63. The molecule has 0 saturated carbocycles. The fraction of sp³-hybridized carbons (Fsp3) is 0.125. The number of nitrogens with zero attached hydrogens (tertiary/aromatic N) is 5. The van der Waals surface area contributed by atoms with Crippen LogP contribution in [0, 0.1) is 6.92 Å². The maximum atomic E-state index is 11.5.